The molecule has 0 unspecified atom stereocenters. The molecule has 0 radical (unpaired) electrons. The minimum Gasteiger partial charge on any atom is -0.440 e. The van der Waals surface area contributed by atoms with E-state index < -0.39 is 0 Å². The van der Waals surface area contributed by atoms with E-state index in [-0.39, 0.29) is 6.03 Å². The van der Waals surface area contributed by atoms with Crippen LogP contribution in [0.2, 0.25) is 0 Å². The molecule has 2 aromatic rings. The van der Waals surface area contributed by atoms with Crippen LogP contribution in [0.25, 0.3) is 11.1 Å². The molecule has 1 aromatic heterocycles. The summed E-state index contributed by atoms with van der Waals surface area (Å²) < 4.78 is 15.9. The first-order valence-corrected chi connectivity index (χ1v) is 8.65. The number of carbonyl (C=O) groups is 1. The largest absolute Gasteiger partial charge is 0.440 e. The third-order valence-electron chi connectivity index (χ3n) is 4.21. The second-order valence-electron chi connectivity index (χ2n) is 6.27. The molecule has 1 saturated carbocycles. The number of urea groups is 1. The van der Waals surface area contributed by atoms with Gasteiger partial charge in [-0.15, -0.1) is 0 Å². The first kappa shape index (κ1) is 17.7. The van der Waals surface area contributed by atoms with Crippen LogP contribution in [0.1, 0.15) is 31.1 Å². The van der Waals surface area contributed by atoms with Gasteiger partial charge < -0.3 is 24.1 Å². The van der Waals surface area contributed by atoms with Crippen molar-refractivity contribution in [3.63, 3.8) is 0 Å². The number of hydrogen-bond donors (Lipinski definition) is 1. The van der Waals surface area contributed by atoms with Gasteiger partial charge in [-0.2, -0.15) is 0 Å². The van der Waals surface area contributed by atoms with Crippen molar-refractivity contribution >= 4 is 22.8 Å². The van der Waals surface area contributed by atoms with E-state index in [9.17, 15) is 4.79 Å². The number of methoxy groups -OCH3 is 2. The number of oxazole rings is 1. The molecule has 1 heterocycles. The Balaban J connectivity index is 1.65. The van der Waals surface area contributed by atoms with Gasteiger partial charge in [-0.1, -0.05) is 0 Å². The maximum absolute atomic E-state index is 12.5. The van der Waals surface area contributed by atoms with Gasteiger partial charge in [-0.25, -0.2) is 9.78 Å². The van der Waals surface area contributed by atoms with E-state index in [1.54, 1.807) is 19.1 Å². The van der Waals surface area contributed by atoms with Gasteiger partial charge in [0.25, 0.3) is 0 Å². The fraction of sp³-hybridized carbons (Fsp3) is 0.556. The number of anilines is 1. The lowest BCUT2D eigenvalue weighted by Gasteiger charge is -2.22. The Hall–Kier alpha value is -2.12. The average Bonchev–Trinajstić information content (AvgIpc) is 3.37. The summed E-state index contributed by atoms with van der Waals surface area (Å²) in [4.78, 5) is 18.8. The molecule has 1 fully saturated rings. The van der Waals surface area contributed by atoms with Crippen molar-refractivity contribution in [3.8, 4) is 0 Å². The van der Waals surface area contributed by atoms with E-state index in [4.69, 9.17) is 13.9 Å². The van der Waals surface area contributed by atoms with Gasteiger partial charge in [0, 0.05) is 45.5 Å². The summed E-state index contributed by atoms with van der Waals surface area (Å²) in [5.41, 5.74) is 2.25. The maximum Gasteiger partial charge on any atom is 0.321 e. The van der Waals surface area contributed by atoms with Gasteiger partial charge in [0.2, 0.25) is 0 Å². The Bertz CT molecular complexity index is 711. The predicted molar refractivity (Wildman–Crippen MR) is 94.9 cm³/mol. The van der Waals surface area contributed by atoms with Crippen LogP contribution in [-0.2, 0) is 9.47 Å². The molecule has 136 valence electrons. The van der Waals surface area contributed by atoms with Crippen molar-refractivity contribution in [3.05, 3.63) is 24.1 Å². The first-order valence-electron chi connectivity index (χ1n) is 8.65. The molecule has 1 aliphatic carbocycles. The number of hydrogen-bond acceptors (Lipinski definition) is 5. The number of benzene rings is 1. The van der Waals surface area contributed by atoms with Crippen molar-refractivity contribution in [2.24, 2.45) is 0 Å². The van der Waals surface area contributed by atoms with Crippen molar-refractivity contribution in [2.45, 2.75) is 25.2 Å². The first-order chi connectivity index (χ1) is 12.2. The number of fused-ring (bicyclic) bond motifs is 1. The number of rotatable bonds is 9. The highest BCUT2D eigenvalue weighted by Gasteiger charge is 2.28. The van der Waals surface area contributed by atoms with E-state index in [0.717, 1.165) is 36.3 Å². The van der Waals surface area contributed by atoms with Gasteiger partial charge in [0.05, 0.1) is 6.61 Å². The lowest BCUT2D eigenvalue weighted by atomic mass is 10.3. The zero-order valence-electron chi connectivity index (χ0n) is 14.8. The minimum absolute atomic E-state index is 0.154. The summed E-state index contributed by atoms with van der Waals surface area (Å²) in [6.45, 7) is 2.25. The normalized spacial score (nSPS) is 14.0. The monoisotopic (exact) mass is 347 g/mol. The van der Waals surface area contributed by atoms with Crippen molar-refractivity contribution < 1.29 is 18.7 Å². The number of nitrogens with one attached hydrogen (secondary N) is 1. The molecule has 25 heavy (non-hydrogen) atoms. The highest BCUT2D eigenvalue weighted by atomic mass is 16.5. The van der Waals surface area contributed by atoms with Gasteiger partial charge in [0.15, 0.2) is 11.5 Å². The molecule has 7 heteroatoms. The van der Waals surface area contributed by atoms with E-state index in [1.807, 2.05) is 18.2 Å². The van der Waals surface area contributed by atoms with Gasteiger partial charge in [-0.3, -0.25) is 0 Å². The Morgan fingerprint density at radius 3 is 2.80 bits per heavy atom. The van der Waals surface area contributed by atoms with Crippen LogP contribution in [-0.4, -0.2) is 56.4 Å². The van der Waals surface area contributed by atoms with Crippen molar-refractivity contribution in [1.82, 2.24) is 9.88 Å². The lowest BCUT2D eigenvalue weighted by molar-refractivity contribution is 0.143. The number of carbonyl (C=O) groups excluding carboxylic acids is 1. The summed E-state index contributed by atoms with van der Waals surface area (Å²) in [5, 5.41) is 2.93. The lowest BCUT2D eigenvalue weighted by Crippen LogP contribution is -2.38. The molecule has 0 bridgehead atoms. The van der Waals surface area contributed by atoms with Crippen LogP contribution in [0, 0.1) is 0 Å². The highest BCUT2D eigenvalue weighted by Crippen LogP contribution is 2.40. The molecule has 0 atom stereocenters. The number of ether oxygens (including phenoxy) is 2. The Labute approximate surface area is 147 Å². The summed E-state index contributed by atoms with van der Waals surface area (Å²) in [7, 11) is 3.28. The molecule has 0 saturated heterocycles. The molecule has 1 aromatic carbocycles. The maximum atomic E-state index is 12.5. The van der Waals surface area contributed by atoms with Gasteiger partial charge in [-0.05, 0) is 37.5 Å². The molecule has 1 N–H and O–H groups in total. The van der Waals surface area contributed by atoms with E-state index >= 15 is 0 Å². The summed E-state index contributed by atoms with van der Waals surface area (Å²) in [5.74, 6) is 1.27. The van der Waals surface area contributed by atoms with Crippen LogP contribution in [0.4, 0.5) is 10.5 Å². The summed E-state index contributed by atoms with van der Waals surface area (Å²) in [6.07, 6.45) is 3.07. The number of nitrogens with zero attached hydrogens (tertiary/aromatic N) is 2. The van der Waals surface area contributed by atoms with Crippen LogP contribution in [0.5, 0.6) is 0 Å². The SMILES string of the molecule is COCCCN(CCOC)C(=O)Nc1ccc2oc(C3CC3)nc2c1. The zero-order valence-corrected chi connectivity index (χ0v) is 14.8. The topological polar surface area (TPSA) is 76.8 Å². The fourth-order valence-electron chi connectivity index (χ4n) is 2.65. The van der Waals surface area contributed by atoms with Crippen LogP contribution in [0.15, 0.2) is 22.6 Å². The van der Waals surface area contributed by atoms with E-state index in [0.29, 0.717) is 37.9 Å². The summed E-state index contributed by atoms with van der Waals surface area (Å²) >= 11 is 0. The zero-order chi connectivity index (χ0) is 17.6. The van der Waals surface area contributed by atoms with Crippen LogP contribution >= 0.6 is 0 Å². The second-order valence-corrected chi connectivity index (χ2v) is 6.27. The molecule has 2 amide bonds. The third-order valence-corrected chi connectivity index (χ3v) is 4.21. The van der Waals surface area contributed by atoms with Crippen molar-refractivity contribution in [1.29, 1.82) is 0 Å². The van der Waals surface area contributed by atoms with E-state index in [2.05, 4.69) is 10.3 Å². The minimum atomic E-state index is -0.154. The second kappa shape index (κ2) is 8.31. The third kappa shape index (κ3) is 4.70. The molecular weight excluding hydrogens is 322 g/mol. The Morgan fingerprint density at radius 1 is 1.28 bits per heavy atom. The molecule has 7 nitrogen and oxygen atoms in total. The molecule has 3 rings (SSSR count). The fourth-order valence-corrected chi connectivity index (χ4v) is 2.65. The molecular formula is C18H25N3O4. The van der Waals surface area contributed by atoms with Crippen LogP contribution < -0.4 is 5.32 Å². The van der Waals surface area contributed by atoms with Crippen molar-refractivity contribution in [2.75, 3.05) is 45.8 Å². The summed E-state index contributed by atoms with van der Waals surface area (Å²) in [6, 6.07) is 5.39. The predicted octanol–water partition coefficient (Wildman–Crippen LogP) is 3.22. The molecule has 1 aliphatic rings. The standard InChI is InChI=1S/C18H25N3O4/c1-23-10-3-8-21(9-11-24-2)18(22)19-14-6-7-16-15(12-14)20-17(25-16)13-4-5-13/h6-7,12-13H,3-5,8-11H2,1-2H3,(H,19,22). The highest BCUT2D eigenvalue weighted by molar-refractivity contribution is 5.91. The number of amides is 2. The Morgan fingerprint density at radius 2 is 2.08 bits per heavy atom. The van der Waals surface area contributed by atoms with Gasteiger partial charge >= 0.3 is 6.03 Å². The Kier molecular flexibility index (Phi) is 5.88. The quantitative estimate of drug-likeness (QED) is 0.705. The average molecular weight is 347 g/mol. The van der Waals surface area contributed by atoms with Crippen LogP contribution in [0.3, 0.4) is 0 Å². The smallest absolute Gasteiger partial charge is 0.321 e. The number of aromatic nitrogens is 1. The van der Waals surface area contributed by atoms with Gasteiger partial charge in [0.1, 0.15) is 5.52 Å². The molecule has 0 aliphatic heterocycles. The van der Waals surface area contributed by atoms with E-state index in [1.165, 1.54) is 0 Å². The molecule has 0 spiro atoms.